The molecular formula is C23H37NOS. The fraction of sp³-hybridized carbons (Fsp3) is 0.870. The molecule has 4 aliphatic rings. The van der Waals surface area contributed by atoms with Crippen molar-refractivity contribution in [3.05, 3.63) is 12.2 Å². The lowest BCUT2D eigenvalue weighted by atomic mass is 9.44. The van der Waals surface area contributed by atoms with Crippen LogP contribution in [0.1, 0.15) is 71.6 Å². The van der Waals surface area contributed by atoms with E-state index in [9.17, 15) is 4.79 Å². The van der Waals surface area contributed by atoms with Gasteiger partial charge in [-0.3, -0.25) is 4.79 Å². The zero-order valence-electron chi connectivity index (χ0n) is 16.8. The Labute approximate surface area is 164 Å². The summed E-state index contributed by atoms with van der Waals surface area (Å²) in [5.41, 5.74) is 7.61. The molecule has 4 fully saturated rings. The largest absolute Gasteiger partial charge is 0.330 e. The second-order valence-electron chi connectivity index (χ2n) is 10.1. The van der Waals surface area contributed by atoms with E-state index in [0.717, 1.165) is 49.3 Å². The Morgan fingerprint density at radius 1 is 1.19 bits per heavy atom. The van der Waals surface area contributed by atoms with Gasteiger partial charge in [0, 0.05) is 17.1 Å². The summed E-state index contributed by atoms with van der Waals surface area (Å²) < 4.78 is 0. The summed E-state index contributed by atoms with van der Waals surface area (Å²) in [6.07, 6.45) is 10.8. The molecule has 2 nitrogen and oxygen atoms in total. The summed E-state index contributed by atoms with van der Waals surface area (Å²) in [7, 11) is 0. The molecule has 26 heavy (non-hydrogen) atoms. The van der Waals surface area contributed by atoms with Gasteiger partial charge in [-0.15, -0.1) is 0 Å². The fourth-order valence-electron chi connectivity index (χ4n) is 7.46. The predicted molar refractivity (Wildman–Crippen MR) is 111 cm³/mol. The minimum atomic E-state index is -0.0140. The van der Waals surface area contributed by atoms with Gasteiger partial charge in [-0.05, 0) is 92.8 Å². The Morgan fingerprint density at radius 3 is 2.77 bits per heavy atom. The quantitative estimate of drug-likeness (QED) is 0.541. The van der Waals surface area contributed by atoms with E-state index in [-0.39, 0.29) is 5.41 Å². The Kier molecular flexibility index (Phi) is 5.10. The molecule has 7 atom stereocenters. The molecule has 0 aliphatic heterocycles. The van der Waals surface area contributed by atoms with Crippen molar-refractivity contribution < 1.29 is 4.79 Å². The minimum Gasteiger partial charge on any atom is -0.330 e. The Hall–Kier alpha value is -0.280. The third kappa shape index (κ3) is 2.83. The number of carbonyl (C=O) groups is 1. The van der Waals surface area contributed by atoms with E-state index < -0.39 is 0 Å². The van der Waals surface area contributed by atoms with Crippen molar-refractivity contribution in [1.82, 2.24) is 0 Å². The summed E-state index contributed by atoms with van der Waals surface area (Å²) in [6, 6.07) is 0. The summed E-state index contributed by atoms with van der Waals surface area (Å²) >= 11 is 2.16. The van der Waals surface area contributed by atoms with Crippen molar-refractivity contribution in [2.24, 2.45) is 40.2 Å². The van der Waals surface area contributed by atoms with E-state index in [1.807, 2.05) is 0 Å². The lowest BCUT2D eigenvalue weighted by Gasteiger charge is -2.61. The number of thioether (sulfide) groups is 1. The van der Waals surface area contributed by atoms with E-state index >= 15 is 0 Å². The molecule has 2 unspecified atom stereocenters. The van der Waals surface area contributed by atoms with Crippen LogP contribution in [0.25, 0.3) is 0 Å². The minimum absolute atomic E-state index is 0.0140. The maximum absolute atomic E-state index is 12.6. The first-order valence-corrected chi connectivity index (χ1v) is 12.0. The van der Waals surface area contributed by atoms with Crippen LogP contribution in [0.5, 0.6) is 0 Å². The van der Waals surface area contributed by atoms with E-state index in [4.69, 9.17) is 5.73 Å². The standard InChI is InChI=1S/C23H37NOS/c1-15-13-17-18-5-6-21(25)23(18,3)10-8-19(17)22(2)9-7-16(14-20(15)22)26-12-4-11-24/h16-20H,1,4-14,24H2,2-3H3/t16?,17-,18-,19+,20?,22+,23-/m0/s1. The van der Waals surface area contributed by atoms with Crippen molar-refractivity contribution >= 4 is 17.5 Å². The molecule has 146 valence electrons. The van der Waals surface area contributed by atoms with Gasteiger partial charge in [0.25, 0.3) is 0 Å². The van der Waals surface area contributed by atoms with Gasteiger partial charge in [0.1, 0.15) is 5.78 Å². The summed E-state index contributed by atoms with van der Waals surface area (Å²) in [6.45, 7) is 10.3. The first kappa shape index (κ1) is 19.1. The third-order valence-electron chi connectivity index (χ3n) is 8.99. The van der Waals surface area contributed by atoms with Crippen LogP contribution in [0.3, 0.4) is 0 Å². The Bertz CT molecular complexity index is 589. The van der Waals surface area contributed by atoms with Crippen LogP contribution >= 0.6 is 11.8 Å². The van der Waals surface area contributed by atoms with E-state index in [0.29, 0.717) is 23.0 Å². The maximum atomic E-state index is 12.6. The van der Waals surface area contributed by atoms with Gasteiger partial charge in [-0.2, -0.15) is 11.8 Å². The monoisotopic (exact) mass is 375 g/mol. The molecule has 4 saturated carbocycles. The number of hydrogen-bond acceptors (Lipinski definition) is 3. The maximum Gasteiger partial charge on any atom is 0.139 e. The molecule has 0 aromatic rings. The molecule has 0 bridgehead atoms. The van der Waals surface area contributed by atoms with Gasteiger partial charge in [0.05, 0.1) is 0 Å². The molecule has 0 aromatic carbocycles. The number of carbonyl (C=O) groups excluding carboxylic acids is 1. The first-order chi connectivity index (χ1) is 12.4. The normalized spacial score (nSPS) is 48.0. The second kappa shape index (κ2) is 6.95. The van der Waals surface area contributed by atoms with Crippen LogP contribution in [0.2, 0.25) is 0 Å². The van der Waals surface area contributed by atoms with Crippen LogP contribution in [0, 0.1) is 34.5 Å². The topological polar surface area (TPSA) is 43.1 Å². The molecular weight excluding hydrogens is 338 g/mol. The van der Waals surface area contributed by atoms with Gasteiger partial charge in [-0.1, -0.05) is 26.0 Å². The second-order valence-corrected chi connectivity index (χ2v) is 11.5. The Balaban J connectivity index is 1.52. The molecule has 0 radical (unpaired) electrons. The van der Waals surface area contributed by atoms with Gasteiger partial charge < -0.3 is 5.73 Å². The molecule has 0 saturated heterocycles. The molecule has 0 amide bonds. The van der Waals surface area contributed by atoms with E-state index in [1.165, 1.54) is 43.4 Å². The van der Waals surface area contributed by atoms with Crippen molar-refractivity contribution in [2.75, 3.05) is 12.3 Å². The average Bonchev–Trinajstić information content (AvgIpc) is 2.92. The molecule has 0 heterocycles. The molecule has 2 N–H and O–H groups in total. The number of Topliss-reactive ketones (excluding diaryl/α,β-unsaturated/α-hetero) is 1. The van der Waals surface area contributed by atoms with Crippen LogP contribution in [0.4, 0.5) is 0 Å². The van der Waals surface area contributed by atoms with Crippen LogP contribution in [-0.4, -0.2) is 23.3 Å². The van der Waals surface area contributed by atoms with Crippen LogP contribution in [0.15, 0.2) is 12.2 Å². The first-order valence-electron chi connectivity index (χ1n) is 10.9. The summed E-state index contributed by atoms with van der Waals surface area (Å²) in [5, 5.41) is 0.801. The molecule has 4 aliphatic carbocycles. The molecule has 3 heteroatoms. The van der Waals surface area contributed by atoms with Crippen molar-refractivity contribution in [1.29, 1.82) is 0 Å². The summed E-state index contributed by atoms with van der Waals surface area (Å²) in [4.78, 5) is 12.6. The number of fused-ring (bicyclic) bond motifs is 5. The zero-order valence-corrected chi connectivity index (χ0v) is 17.6. The fourth-order valence-corrected chi connectivity index (χ4v) is 8.74. The predicted octanol–water partition coefficient (Wildman–Crippen LogP) is 5.21. The van der Waals surface area contributed by atoms with Gasteiger partial charge in [0.2, 0.25) is 0 Å². The zero-order chi connectivity index (χ0) is 18.5. The highest BCUT2D eigenvalue weighted by atomic mass is 32.2. The number of hydrogen-bond donors (Lipinski definition) is 1. The number of allylic oxidation sites excluding steroid dienone is 1. The van der Waals surface area contributed by atoms with Gasteiger partial charge in [0.15, 0.2) is 0 Å². The smallest absolute Gasteiger partial charge is 0.139 e. The SMILES string of the molecule is C=C1C[C@@H]2[C@@H](CC[C@]3(C)C(=O)CC[C@@H]23)[C@@]2(C)CCC(SCCCN)CC12. The highest BCUT2D eigenvalue weighted by molar-refractivity contribution is 7.99. The summed E-state index contributed by atoms with van der Waals surface area (Å²) in [5.74, 6) is 4.63. The van der Waals surface area contributed by atoms with Crippen LogP contribution < -0.4 is 5.73 Å². The molecule has 0 spiro atoms. The average molecular weight is 376 g/mol. The lowest BCUT2D eigenvalue weighted by molar-refractivity contribution is -0.135. The number of rotatable bonds is 4. The van der Waals surface area contributed by atoms with Gasteiger partial charge in [-0.25, -0.2) is 0 Å². The highest BCUT2D eigenvalue weighted by Gasteiger charge is 2.60. The molecule has 4 rings (SSSR count). The van der Waals surface area contributed by atoms with Crippen molar-refractivity contribution in [2.45, 2.75) is 76.9 Å². The Morgan fingerprint density at radius 2 is 2.00 bits per heavy atom. The molecule has 0 aromatic heterocycles. The van der Waals surface area contributed by atoms with Crippen molar-refractivity contribution in [3.63, 3.8) is 0 Å². The van der Waals surface area contributed by atoms with E-state index in [2.05, 4.69) is 32.2 Å². The van der Waals surface area contributed by atoms with Gasteiger partial charge >= 0.3 is 0 Å². The third-order valence-corrected chi connectivity index (χ3v) is 10.4. The number of ketones is 1. The number of nitrogens with two attached hydrogens (primary N) is 1. The van der Waals surface area contributed by atoms with E-state index in [1.54, 1.807) is 0 Å². The van der Waals surface area contributed by atoms with Crippen LogP contribution in [-0.2, 0) is 4.79 Å². The highest BCUT2D eigenvalue weighted by Crippen LogP contribution is 2.66. The lowest BCUT2D eigenvalue weighted by Crippen LogP contribution is -2.54. The van der Waals surface area contributed by atoms with Crippen molar-refractivity contribution in [3.8, 4) is 0 Å².